The van der Waals surface area contributed by atoms with Gasteiger partial charge in [0.05, 0.1) is 5.01 Å². The maximum Gasteiger partial charge on any atom is 0.238 e. The van der Waals surface area contributed by atoms with Gasteiger partial charge >= 0.3 is 0 Å². The van der Waals surface area contributed by atoms with E-state index in [0.717, 1.165) is 23.7 Å². The molecule has 0 aromatic carbocycles. The summed E-state index contributed by atoms with van der Waals surface area (Å²) >= 11 is 6.61. The Kier molecular flexibility index (Phi) is 2.69. The molecular weight excluding hydrogens is 218 g/mol. The number of aryl methyl sites for hydroxylation is 3. The van der Waals surface area contributed by atoms with Crippen molar-refractivity contribution in [1.29, 1.82) is 0 Å². The van der Waals surface area contributed by atoms with Gasteiger partial charge in [-0.25, -0.2) is 9.67 Å². The van der Waals surface area contributed by atoms with Crippen LogP contribution in [-0.2, 0) is 13.0 Å². The molecule has 74 valence electrons. The van der Waals surface area contributed by atoms with Crippen LogP contribution < -0.4 is 0 Å². The zero-order valence-corrected chi connectivity index (χ0v) is 9.23. The van der Waals surface area contributed by atoms with Crippen molar-refractivity contribution in [2.24, 2.45) is 0 Å². The molecular formula is C7H9N5S2. The second-order valence-electron chi connectivity index (χ2n) is 2.87. The van der Waals surface area contributed by atoms with Crippen LogP contribution in [0.4, 0.5) is 0 Å². The number of nitrogens with zero attached hydrogens (tertiary/aromatic N) is 4. The Morgan fingerprint density at radius 2 is 2.50 bits per heavy atom. The van der Waals surface area contributed by atoms with Gasteiger partial charge in [0, 0.05) is 24.0 Å². The third-order valence-corrected chi connectivity index (χ3v) is 3.08. The Labute approximate surface area is 89.8 Å². The van der Waals surface area contributed by atoms with Gasteiger partial charge in [0.2, 0.25) is 4.77 Å². The summed E-state index contributed by atoms with van der Waals surface area (Å²) in [7, 11) is 0. The van der Waals surface area contributed by atoms with Gasteiger partial charge in [0.25, 0.3) is 0 Å². The maximum absolute atomic E-state index is 4.95. The van der Waals surface area contributed by atoms with Crippen LogP contribution in [0.5, 0.6) is 0 Å². The molecule has 2 rings (SSSR count). The van der Waals surface area contributed by atoms with Gasteiger partial charge < -0.3 is 0 Å². The lowest BCUT2D eigenvalue weighted by Gasteiger charge is -1.96. The second-order valence-corrected chi connectivity index (χ2v) is 4.17. The van der Waals surface area contributed by atoms with Crippen molar-refractivity contribution in [2.45, 2.75) is 19.9 Å². The smallest absolute Gasteiger partial charge is 0.238 e. The van der Waals surface area contributed by atoms with Crippen molar-refractivity contribution in [3.05, 3.63) is 20.9 Å². The minimum absolute atomic E-state index is 0.485. The number of hydrogen-bond donors (Lipinski definition) is 1. The summed E-state index contributed by atoms with van der Waals surface area (Å²) in [6.07, 6.45) is 0.858. The molecule has 0 fully saturated rings. The SMILES string of the molecule is Cc1csc(CCn2[nH]nnc2=S)n1. The third-order valence-electron chi connectivity index (χ3n) is 1.75. The highest BCUT2D eigenvalue weighted by atomic mass is 32.1. The minimum Gasteiger partial charge on any atom is -0.247 e. The molecule has 1 N–H and O–H groups in total. The van der Waals surface area contributed by atoms with Crippen LogP contribution in [0, 0.1) is 11.7 Å². The number of rotatable bonds is 3. The van der Waals surface area contributed by atoms with Crippen LogP contribution in [0.3, 0.4) is 0 Å². The molecule has 0 aliphatic heterocycles. The van der Waals surface area contributed by atoms with Crippen LogP contribution in [0.25, 0.3) is 0 Å². The molecule has 0 radical (unpaired) electrons. The van der Waals surface area contributed by atoms with Gasteiger partial charge in [0.1, 0.15) is 0 Å². The van der Waals surface area contributed by atoms with Gasteiger partial charge in [-0.1, -0.05) is 10.3 Å². The average Bonchev–Trinajstić information content (AvgIpc) is 2.72. The van der Waals surface area contributed by atoms with Crippen LogP contribution in [-0.4, -0.2) is 25.2 Å². The molecule has 0 spiro atoms. The summed E-state index contributed by atoms with van der Waals surface area (Å²) in [5.74, 6) is 0. The number of thiazole rings is 1. The molecule has 2 aromatic heterocycles. The van der Waals surface area contributed by atoms with E-state index in [4.69, 9.17) is 12.2 Å². The summed E-state index contributed by atoms with van der Waals surface area (Å²) in [6.45, 7) is 2.74. The molecule has 0 atom stereocenters. The van der Waals surface area contributed by atoms with Crippen molar-refractivity contribution in [3.63, 3.8) is 0 Å². The first kappa shape index (κ1) is 9.47. The van der Waals surface area contributed by atoms with Crippen LogP contribution in [0.2, 0.25) is 0 Å². The highest BCUT2D eigenvalue weighted by Crippen LogP contribution is 2.09. The summed E-state index contributed by atoms with van der Waals surface area (Å²) in [4.78, 5) is 4.36. The summed E-state index contributed by atoms with van der Waals surface area (Å²) in [5, 5.41) is 13.2. The Hall–Kier alpha value is -1.08. The third kappa shape index (κ3) is 2.05. The van der Waals surface area contributed by atoms with Crippen molar-refractivity contribution >= 4 is 23.6 Å². The second kappa shape index (κ2) is 3.97. The highest BCUT2D eigenvalue weighted by molar-refractivity contribution is 7.71. The lowest BCUT2D eigenvalue weighted by molar-refractivity contribution is 0.582. The fraction of sp³-hybridized carbons (Fsp3) is 0.429. The number of aromatic amines is 1. The normalized spacial score (nSPS) is 10.6. The van der Waals surface area contributed by atoms with Crippen molar-refractivity contribution in [2.75, 3.05) is 0 Å². The van der Waals surface area contributed by atoms with Crippen LogP contribution >= 0.6 is 23.6 Å². The van der Waals surface area contributed by atoms with E-state index in [2.05, 4.69) is 20.5 Å². The Morgan fingerprint density at radius 3 is 3.07 bits per heavy atom. The van der Waals surface area contributed by atoms with Crippen molar-refractivity contribution < 1.29 is 0 Å². The zero-order valence-electron chi connectivity index (χ0n) is 7.60. The number of tetrazole rings is 1. The molecule has 14 heavy (non-hydrogen) atoms. The van der Waals surface area contributed by atoms with Gasteiger partial charge in [-0.15, -0.1) is 11.3 Å². The van der Waals surface area contributed by atoms with E-state index < -0.39 is 0 Å². The van der Waals surface area contributed by atoms with Crippen LogP contribution in [0.15, 0.2) is 5.38 Å². The molecule has 0 aliphatic carbocycles. The molecule has 0 saturated carbocycles. The Bertz CT molecular complexity index is 468. The predicted octanol–water partition coefficient (Wildman–Crippen LogP) is 1.34. The fourth-order valence-electron chi connectivity index (χ4n) is 1.09. The number of aromatic nitrogens is 5. The molecule has 0 unspecified atom stereocenters. The summed E-state index contributed by atoms with van der Waals surface area (Å²) < 4.78 is 2.21. The predicted molar refractivity (Wildman–Crippen MR) is 55.8 cm³/mol. The van der Waals surface area contributed by atoms with E-state index in [9.17, 15) is 0 Å². The van der Waals surface area contributed by atoms with E-state index in [1.165, 1.54) is 0 Å². The number of H-pyrrole nitrogens is 1. The largest absolute Gasteiger partial charge is 0.247 e. The lowest BCUT2D eigenvalue weighted by Crippen LogP contribution is -2.03. The molecule has 0 aliphatic rings. The molecule has 2 heterocycles. The Morgan fingerprint density at radius 1 is 1.64 bits per heavy atom. The van der Waals surface area contributed by atoms with Crippen LogP contribution in [0.1, 0.15) is 10.7 Å². The molecule has 0 saturated heterocycles. The Balaban J connectivity index is 2.01. The maximum atomic E-state index is 4.95. The van der Waals surface area contributed by atoms with Gasteiger partial charge in [0.15, 0.2) is 0 Å². The standard InChI is InChI=1S/C7H9N5S2/c1-5-4-14-6(8-5)2-3-12-7(13)9-10-11-12/h4H,2-3H2,1H3,(H,9,11,13). The minimum atomic E-state index is 0.485. The zero-order chi connectivity index (χ0) is 9.97. The first-order valence-corrected chi connectivity index (χ1v) is 5.43. The summed E-state index contributed by atoms with van der Waals surface area (Å²) in [6, 6.07) is 0. The molecule has 7 heteroatoms. The summed E-state index contributed by atoms with van der Waals surface area (Å²) in [5.41, 5.74) is 1.07. The van der Waals surface area contributed by atoms with Crippen molar-refractivity contribution in [3.8, 4) is 0 Å². The van der Waals surface area contributed by atoms with Crippen molar-refractivity contribution in [1.82, 2.24) is 25.2 Å². The van der Waals surface area contributed by atoms with E-state index in [1.807, 2.05) is 12.3 Å². The first-order chi connectivity index (χ1) is 6.75. The first-order valence-electron chi connectivity index (χ1n) is 4.14. The number of nitrogens with one attached hydrogen (secondary N) is 1. The highest BCUT2D eigenvalue weighted by Gasteiger charge is 2.00. The lowest BCUT2D eigenvalue weighted by atomic mass is 10.4. The molecule has 2 aromatic rings. The molecule has 0 bridgehead atoms. The topological polar surface area (TPSA) is 59.4 Å². The van der Waals surface area contributed by atoms with Gasteiger partial charge in [-0.2, -0.15) is 5.21 Å². The fourth-order valence-corrected chi connectivity index (χ4v) is 2.02. The van der Waals surface area contributed by atoms with Gasteiger partial charge in [-0.3, -0.25) is 0 Å². The quantitative estimate of drug-likeness (QED) is 0.804. The number of hydrogen-bond acceptors (Lipinski definition) is 5. The molecule has 0 amide bonds. The van der Waals surface area contributed by atoms with E-state index in [1.54, 1.807) is 16.0 Å². The molecule has 5 nitrogen and oxygen atoms in total. The van der Waals surface area contributed by atoms with E-state index >= 15 is 0 Å². The average molecular weight is 227 g/mol. The van der Waals surface area contributed by atoms with Gasteiger partial charge in [-0.05, 0) is 19.1 Å². The van der Waals surface area contributed by atoms with E-state index in [0.29, 0.717) is 4.77 Å². The van der Waals surface area contributed by atoms with E-state index in [-0.39, 0.29) is 0 Å². The monoisotopic (exact) mass is 227 g/mol.